The fraction of sp³-hybridized carbons (Fsp3) is 0.857. The van der Waals surface area contributed by atoms with Gasteiger partial charge in [-0.05, 0) is 19.3 Å². The Morgan fingerprint density at radius 1 is 0.947 bits per heavy atom. The summed E-state index contributed by atoms with van der Waals surface area (Å²) in [5.74, 6) is 0.115. The number of rotatable bonds is 8. The van der Waals surface area contributed by atoms with Gasteiger partial charge in [0.1, 0.15) is 0 Å². The molecule has 116 valence electrons. The van der Waals surface area contributed by atoms with E-state index in [0.29, 0.717) is 18.9 Å². The highest BCUT2D eigenvalue weighted by atomic mass is 16.2. The molecule has 6 N–H and O–H groups in total. The Hall–Kier alpha value is -1.10. The lowest BCUT2D eigenvalue weighted by molar-refractivity contribution is -0.118. The molecule has 0 aromatic rings. The van der Waals surface area contributed by atoms with Crippen molar-refractivity contribution in [3.63, 3.8) is 0 Å². The van der Waals surface area contributed by atoms with Crippen molar-refractivity contribution in [2.24, 2.45) is 11.5 Å². The summed E-state index contributed by atoms with van der Waals surface area (Å²) in [6, 6.07) is 0. The first-order valence-corrected chi connectivity index (χ1v) is 7.18. The molecule has 0 aromatic carbocycles. The van der Waals surface area contributed by atoms with E-state index in [-0.39, 0.29) is 5.91 Å². The molecular weight excluding hydrogens is 242 g/mol. The molecule has 5 heteroatoms. The molecule has 0 unspecified atom stereocenters. The molecule has 0 aliphatic rings. The standard InChI is InChI=1S/C5H12N2.C5H11NO.C4H10O/c2*1-2-3-4-5(6)7;1-2-3-4-5/h2-4H2,1H3,(H3,6,7);2-4H2,1H3,(H2,6,7);5H,2-4H2,1H3. The number of carbonyl (C=O) groups excluding carboxylic acids is 1. The summed E-state index contributed by atoms with van der Waals surface area (Å²) in [7, 11) is 0. The van der Waals surface area contributed by atoms with Crippen LogP contribution in [0, 0.1) is 5.41 Å². The van der Waals surface area contributed by atoms with Crippen LogP contribution in [0.2, 0.25) is 0 Å². The van der Waals surface area contributed by atoms with Gasteiger partial charge in [0.25, 0.3) is 0 Å². The van der Waals surface area contributed by atoms with Gasteiger partial charge in [0, 0.05) is 19.4 Å². The van der Waals surface area contributed by atoms with Crippen molar-refractivity contribution in [1.29, 1.82) is 5.41 Å². The molecule has 0 aromatic heterocycles. The van der Waals surface area contributed by atoms with Crippen molar-refractivity contribution in [1.82, 2.24) is 0 Å². The average Bonchev–Trinajstić information content (AvgIpc) is 2.36. The maximum absolute atomic E-state index is 9.98. The fourth-order valence-corrected chi connectivity index (χ4v) is 0.876. The molecule has 0 radical (unpaired) electrons. The van der Waals surface area contributed by atoms with Crippen LogP contribution in [0.5, 0.6) is 0 Å². The first kappa shape index (κ1) is 23.0. The molecule has 0 saturated heterocycles. The number of amides is 1. The topological polar surface area (TPSA) is 113 Å². The van der Waals surface area contributed by atoms with E-state index in [1.165, 1.54) is 0 Å². The lowest BCUT2D eigenvalue weighted by Gasteiger charge is -1.90. The highest BCUT2D eigenvalue weighted by Gasteiger charge is 1.88. The number of nitrogens with two attached hydrogens (primary N) is 2. The normalized spacial score (nSPS) is 8.63. The van der Waals surface area contributed by atoms with Crippen molar-refractivity contribution >= 4 is 11.7 Å². The van der Waals surface area contributed by atoms with Crippen molar-refractivity contribution in [2.75, 3.05) is 6.61 Å². The lowest BCUT2D eigenvalue weighted by atomic mass is 10.2. The van der Waals surface area contributed by atoms with Crippen molar-refractivity contribution < 1.29 is 9.90 Å². The summed E-state index contributed by atoms with van der Waals surface area (Å²) in [4.78, 5) is 9.98. The van der Waals surface area contributed by atoms with E-state index in [1.54, 1.807) is 0 Å². The predicted octanol–water partition coefficient (Wildman–Crippen LogP) is 2.55. The molecule has 1 amide bonds. The van der Waals surface area contributed by atoms with E-state index in [9.17, 15) is 4.79 Å². The minimum absolute atomic E-state index is 0.193. The van der Waals surface area contributed by atoms with Gasteiger partial charge in [-0.15, -0.1) is 0 Å². The summed E-state index contributed by atoms with van der Waals surface area (Å²) in [6.45, 7) is 6.51. The minimum Gasteiger partial charge on any atom is -0.396 e. The van der Waals surface area contributed by atoms with Crippen LogP contribution in [-0.2, 0) is 4.79 Å². The molecule has 19 heavy (non-hydrogen) atoms. The SMILES string of the molecule is CCCCC(=N)N.CCCCC(N)=O.CCCCO. The van der Waals surface area contributed by atoms with E-state index in [1.807, 2.05) is 6.92 Å². The third-order valence-corrected chi connectivity index (χ3v) is 2.09. The zero-order valence-electron chi connectivity index (χ0n) is 12.9. The van der Waals surface area contributed by atoms with Crippen molar-refractivity contribution in [3.05, 3.63) is 0 Å². The zero-order chi connectivity index (χ0) is 15.5. The number of aliphatic hydroxyl groups is 1. The van der Waals surface area contributed by atoms with Gasteiger partial charge in [0.2, 0.25) is 5.91 Å². The van der Waals surface area contributed by atoms with Crippen molar-refractivity contribution in [2.45, 2.75) is 72.1 Å². The number of hydrogen-bond acceptors (Lipinski definition) is 3. The molecule has 0 aliphatic carbocycles. The number of unbranched alkanes of at least 4 members (excludes halogenated alkanes) is 3. The molecule has 0 fully saturated rings. The van der Waals surface area contributed by atoms with E-state index in [0.717, 1.165) is 44.9 Å². The van der Waals surface area contributed by atoms with Gasteiger partial charge in [-0.1, -0.05) is 40.0 Å². The summed E-state index contributed by atoms with van der Waals surface area (Å²) in [5, 5.41) is 14.8. The average molecular weight is 275 g/mol. The quantitative estimate of drug-likeness (QED) is 0.403. The molecule has 0 aliphatic heterocycles. The Morgan fingerprint density at radius 2 is 1.37 bits per heavy atom. The second-order valence-corrected chi connectivity index (χ2v) is 4.28. The second kappa shape index (κ2) is 22.1. The van der Waals surface area contributed by atoms with Crippen molar-refractivity contribution in [3.8, 4) is 0 Å². The number of primary amides is 1. The second-order valence-electron chi connectivity index (χ2n) is 4.28. The number of carbonyl (C=O) groups is 1. The Kier molecular flexibility index (Phi) is 26.8. The Morgan fingerprint density at radius 3 is 1.47 bits per heavy atom. The van der Waals surface area contributed by atoms with Gasteiger partial charge < -0.3 is 16.6 Å². The summed E-state index contributed by atoms with van der Waals surface area (Å²) in [6.07, 6.45) is 7.48. The molecule has 0 bridgehead atoms. The molecule has 0 saturated carbocycles. The maximum atomic E-state index is 9.98. The van der Waals surface area contributed by atoms with Crippen LogP contribution >= 0.6 is 0 Å². The highest BCUT2D eigenvalue weighted by molar-refractivity contribution is 5.76. The fourth-order valence-electron chi connectivity index (χ4n) is 0.876. The molecule has 0 heterocycles. The van der Waals surface area contributed by atoms with Crippen LogP contribution in [0.25, 0.3) is 0 Å². The van der Waals surface area contributed by atoms with Gasteiger partial charge in [-0.2, -0.15) is 0 Å². The highest BCUT2D eigenvalue weighted by Crippen LogP contribution is 1.90. The van der Waals surface area contributed by atoms with Crippen LogP contribution in [0.3, 0.4) is 0 Å². The summed E-state index contributed by atoms with van der Waals surface area (Å²) < 4.78 is 0. The zero-order valence-corrected chi connectivity index (χ0v) is 12.9. The summed E-state index contributed by atoms with van der Waals surface area (Å²) in [5.41, 5.74) is 9.90. The summed E-state index contributed by atoms with van der Waals surface area (Å²) >= 11 is 0. The lowest BCUT2D eigenvalue weighted by Crippen LogP contribution is -2.09. The van der Waals surface area contributed by atoms with Gasteiger partial charge in [-0.3, -0.25) is 10.2 Å². The third-order valence-electron chi connectivity index (χ3n) is 2.09. The minimum atomic E-state index is -0.193. The molecule has 0 rings (SSSR count). The largest absolute Gasteiger partial charge is 0.396 e. The number of hydrogen-bond donors (Lipinski definition) is 4. The van der Waals surface area contributed by atoms with Crippen LogP contribution in [0.4, 0.5) is 0 Å². The first-order valence-electron chi connectivity index (χ1n) is 7.18. The Labute approximate surface area is 118 Å². The van der Waals surface area contributed by atoms with Crippen LogP contribution in [-0.4, -0.2) is 23.5 Å². The van der Waals surface area contributed by atoms with Gasteiger partial charge in [0.15, 0.2) is 0 Å². The Balaban J connectivity index is -0.000000206. The van der Waals surface area contributed by atoms with E-state index < -0.39 is 0 Å². The van der Waals surface area contributed by atoms with Gasteiger partial charge in [0.05, 0.1) is 5.84 Å². The van der Waals surface area contributed by atoms with Crippen LogP contribution in [0.15, 0.2) is 0 Å². The van der Waals surface area contributed by atoms with Crippen LogP contribution < -0.4 is 11.5 Å². The number of amidine groups is 1. The maximum Gasteiger partial charge on any atom is 0.217 e. The van der Waals surface area contributed by atoms with Crippen LogP contribution in [0.1, 0.15) is 72.1 Å². The van der Waals surface area contributed by atoms with Gasteiger partial charge in [-0.25, -0.2) is 0 Å². The monoisotopic (exact) mass is 275 g/mol. The Bertz CT molecular complexity index is 177. The predicted molar refractivity (Wildman–Crippen MR) is 82.2 cm³/mol. The first-order chi connectivity index (χ1) is 8.95. The molecule has 5 nitrogen and oxygen atoms in total. The smallest absolute Gasteiger partial charge is 0.217 e. The van der Waals surface area contributed by atoms with E-state index >= 15 is 0 Å². The number of nitrogens with one attached hydrogen (secondary N) is 1. The molecule has 0 atom stereocenters. The molecule has 0 spiro atoms. The number of aliphatic hydroxyl groups excluding tert-OH is 1. The van der Waals surface area contributed by atoms with Gasteiger partial charge >= 0.3 is 0 Å². The van der Waals surface area contributed by atoms with E-state index in [2.05, 4.69) is 13.8 Å². The third kappa shape index (κ3) is 47.4. The van der Waals surface area contributed by atoms with E-state index in [4.69, 9.17) is 22.0 Å². The molecular formula is C14H33N3O2.